The van der Waals surface area contributed by atoms with Crippen LogP contribution in [-0.4, -0.2) is 70.0 Å². The number of carbonyl (C=O) groups excluding carboxylic acids is 2. The van der Waals surface area contributed by atoms with Crippen molar-refractivity contribution in [1.82, 2.24) is 0 Å². The first kappa shape index (κ1) is 74.0. The van der Waals surface area contributed by atoms with Crippen LogP contribution in [0.3, 0.4) is 0 Å². The van der Waals surface area contributed by atoms with Crippen LogP contribution < -0.4 is 4.89 Å². The number of allylic oxidation sites excluding steroid dienone is 8. The van der Waals surface area contributed by atoms with Gasteiger partial charge in [0.1, 0.15) is 19.8 Å². The molecule has 0 saturated heterocycles. The number of nitrogens with zero attached hydrogens (tertiary/aromatic N) is 1. The summed E-state index contributed by atoms with van der Waals surface area (Å²) in [6.45, 7) is 4.18. The average molecular weight is 1090 g/mol. The van der Waals surface area contributed by atoms with Crippen molar-refractivity contribution < 1.29 is 42.1 Å². The molecule has 0 amide bonds. The molecule has 10 heteroatoms. The first-order chi connectivity index (χ1) is 37.0. The Kier molecular flexibility index (Phi) is 56.1. The molecule has 0 spiro atoms. The molecule has 2 unspecified atom stereocenters. The summed E-state index contributed by atoms with van der Waals surface area (Å²) >= 11 is 0. The zero-order valence-electron chi connectivity index (χ0n) is 50.7. The Bertz CT molecular complexity index is 1420. The molecule has 0 rings (SSSR count). The Morgan fingerprint density at radius 3 is 1.12 bits per heavy atom. The molecule has 0 aliphatic heterocycles. The lowest BCUT2D eigenvalue weighted by Crippen LogP contribution is -2.37. The van der Waals surface area contributed by atoms with Crippen LogP contribution in [0.1, 0.15) is 309 Å². The van der Waals surface area contributed by atoms with Crippen molar-refractivity contribution in [3.63, 3.8) is 0 Å². The molecule has 0 N–H and O–H groups in total. The van der Waals surface area contributed by atoms with E-state index in [0.29, 0.717) is 17.4 Å². The van der Waals surface area contributed by atoms with Gasteiger partial charge in [0.15, 0.2) is 6.10 Å². The molecule has 0 aromatic carbocycles. The highest BCUT2D eigenvalue weighted by Gasteiger charge is 2.22. The molecule has 76 heavy (non-hydrogen) atoms. The van der Waals surface area contributed by atoms with Crippen LogP contribution >= 0.6 is 7.82 Å². The maximum atomic E-state index is 12.8. The van der Waals surface area contributed by atoms with E-state index in [1.54, 1.807) is 0 Å². The molecule has 0 aromatic rings. The normalized spacial score (nSPS) is 13.5. The Labute approximate surface area is 471 Å². The maximum absolute atomic E-state index is 12.8. The van der Waals surface area contributed by atoms with Gasteiger partial charge >= 0.3 is 11.9 Å². The van der Waals surface area contributed by atoms with Crippen molar-refractivity contribution in [2.24, 2.45) is 0 Å². The van der Waals surface area contributed by atoms with Crippen LogP contribution in [0.2, 0.25) is 0 Å². The molecule has 9 nitrogen and oxygen atoms in total. The Hall–Kier alpha value is -2.03. The van der Waals surface area contributed by atoms with E-state index in [0.717, 1.165) is 64.2 Å². The maximum Gasteiger partial charge on any atom is 0.306 e. The highest BCUT2D eigenvalue weighted by Crippen LogP contribution is 2.38. The van der Waals surface area contributed by atoms with E-state index in [2.05, 4.69) is 62.5 Å². The summed E-state index contributed by atoms with van der Waals surface area (Å²) in [7, 11) is 1.18. The number of carbonyl (C=O) groups is 2. The van der Waals surface area contributed by atoms with Crippen LogP contribution in [0, 0.1) is 0 Å². The lowest BCUT2D eigenvalue weighted by Gasteiger charge is -2.28. The van der Waals surface area contributed by atoms with E-state index in [1.165, 1.54) is 212 Å². The Morgan fingerprint density at radius 2 is 0.750 bits per heavy atom. The number of likely N-dealkylation sites (N-methyl/N-ethyl adjacent to an activating group) is 1. The minimum Gasteiger partial charge on any atom is -0.756 e. The molecule has 0 radical (unpaired) electrons. The fourth-order valence-corrected chi connectivity index (χ4v) is 10.1. The van der Waals surface area contributed by atoms with E-state index in [4.69, 9.17) is 18.5 Å². The third-order valence-corrected chi connectivity index (χ3v) is 15.3. The summed E-state index contributed by atoms with van der Waals surface area (Å²) in [5.74, 6) is -0.818. The van der Waals surface area contributed by atoms with E-state index in [9.17, 15) is 19.0 Å². The number of ether oxygens (including phenoxy) is 2. The number of phosphoric ester groups is 1. The molecule has 0 aliphatic carbocycles. The average Bonchev–Trinajstić information content (AvgIpc) is 3.38. The molecule has 0 aliphatic rings. The molecule has 0 bridgehead atoms. The second kappa shape index (κ2) is 57.6. The second-order valence-electron chi connectivity index (χ2n) is 23.1. The summed E-state index contributed by atoms with van der Waals surface area (Å²) < 4.78 is 34.3. The van der Waals surface area contributed by atoms with Crippen LogP contribution in [-0.2, 0) is 32.7 Å². The van der Waals surface area contributed by atoms with Crippen LogP contribution in [0.5, 0.6) is 0 Å². The summed E-state index contributed by atoms with van der Waals surface area (Å²) in [5.41, 5.74) is 0. The molecule has 446 valence electrons. The number of esters is 2. The molecule has 2 atom stereocenters. The number of hydrogen-bond donors (Lipinski definition) is 0. The van der Waals surface area contributed by atoms with Gasteiger partial charge in [-0.25, -0.2) is 0 Å². The van der Waals surface area contributed by atoms with Gasteiger partial charge in [-0.15, -0.1) is 0 Å². The highest BCUT2D eigenvalue weighted by molar-refractivity contribution is 7.45. The third kappa shape index (κ3) is 61.2. The number of rotatable bonds is 60. The molecular formula is C66H124NO8P. The summed E-state index contributed by atoms with van der Waals surface area (Å²) in [6.07, 6.45) is 73.2. The fraction of sp³-hybridized carbons (Fsp3) is 0.848. The van der Waals surface area contributed by atoms with E-state index in [-0.39, 0.29) is 32.0 Å². The van der Waals surface area contributed by atoms with Crippen LogP contribution in [0.15, 0.2) is 48.6 Å². The summed E-state index contributed by atoms with van der Waals surface area (Å²) in [5, 5.41) is 0. The summed E-state index contributed by atoms with van der Waals surface area (Å²) in [4.78, 5) is 38.0. The van der Waals surface area contributed by atoms with Gasteiger partial charge in [0.25, 0.3) is 7.82 Å². The Morgan fingerprint density at radius 1 is 0.421 bits per heavy atom. The quantitative estimate of drug-likeness (QED) is 0.0195. The van der Waals surface area contributed by atoms with Crippen LogP contribution in [0.25, 0.3) is 0 Å². The zero-order valence-corrected chi connectivity index (χ0v) is 51.6. The lowest BCUT2D eigenvalue weighted by atomic mass is 10.0. The lowest BCUT2D eigenvalue weighted by molar-refractivity contribution is -0.870. The first-order valence-electron chi connectivity index (χ1n) is 32.3. The third-order valence-electron chi connectivity index (χ3n) is 14.4. The summed E-state index contributed by atoms with van der Waals surface area (Å²) in [6, 6.07) is 0. The van der Waals surface area contributed by atoms with Crippen molar-refractivity contribution in [1.29, 1.82) is 0 Å². The number of phosphoric acid groups is 1. The predicted octanol–water partition coefficient (Wildman–Crippen LogP) is 19.9. The number of quaternary nitrogens is 1. The van der Waals surface area contributed by atoms with Crippen molar-refractivity contribution >= 4 is 19.8 Å². The van der Waals surface area contributed by atoms with Gasteiger partial charge in [0.05, 0.1) is 27.7 Å². The molecule has 0 saturated carbocycles. The highest BCUT2D eigenvalue weighted by atomic mass is 31.2. The molecule has 0 fully saturated rings. The second-order valence-corrected chi connectivity index (χ2v) is 24.5. The zero-order chi connectivity index (χ0) is 55.6. The first-order valence-corrected chi connectivity index (χ1v) is 33.8. The van der Waals surface area contributed by atoms with Gasteiger partial charge in [-0.1, -0.05) is 294 Å². The molecule has 0 heterocycles. The SMILES string of the molecule is CC/C=C\C/C=C\C/C=C\C/C=C\CCCCCCCCCCCCCCCCC(=O)OC(COC(=O)CCCCCCCCCCCCCCCCCCCCCCCCCCC)COP(=O)([O-])OCC[N+](C)(C)C. The van der Waals surface area contributed by atoms with Gasteiger partial charge < -0.3 is 27.9 Å². The fourth-order valence-electron chi connectivity index (χ4n) is 9.42. The number of hydrogen-bond acceptors (Lipinski definition) is 8. The Balaban J connectivity index is 4.06. The predicted molar refractivity (Wildman–Crippen MR) is 324 cm³/mol. The van der Waals surface area contributed by atoms with Gasteiger partial charge in [0.2, 0.25) is 0 Å². The standard InChI is InChI=1S/C66H124NO8P/c1-6-8-10-12-14-16-18-20-22-24-26-28-30-32-33-35-37-39-41-43-45-47-49-51-53-55-57-59-66(69)75-64(63-74-76(70,71)73-61-60-67(3,4)5)62-72-65(68)58-56-54-52-50-48-46-44-42-40-38-36-34-31-29-27-25-23-21-19-17-15-13-11-9-7-2/h8,10,14,16,20,22,26,28,64H,6-7,9,11-13,15,17-19,21,23-25,27,29-63H2,1-5H3/b10-8-,16-14-,22-20-,28-26-. The van der Waals surface area contributed by atoms with Gasteiger partial charge in [0, 0.05) is 12.8 Å². The van der Waals surface area contributed by atoms with Crippen molar-refractivity contribution in [2.45, 2.75) is 315 Å². The van der Waals surface area contributed by atoms with Gasteiger partial charge in [-0.2, -0.15) is 0 Å². The number of unbranched alkanes of at least 4 members (excludes halogenated alkanes) is 38. The van der Waals surface area contributed by atoms with Crippen molar-refractivity contribution in [3.05, 3.63) is 48.6 Å². The van der Waals surface area contributed by atoms with Crippen molar-refractivity contribution in [3.8, 4) is 0 Å². The minimum atomic E-state index is -4.64. The minimum absolute atomic E-state index is 0.0295. The van der Waals surface area contributed by atoms with E-state index in [1.807, 2.05) is 21.1 Å². The van der Waals surface area contributed by atoms with Gasteiger partial charge in [-0.3, -0.25) is 14.2 Å². The van der Waals surface area contributed by atoms with Crippen LogP contribution in [0.4, 0.5) is 0 Å². The smallest absolute Gasteiger partial charge is 0.306 e. The van der Waals surface area contributed by atoms with E-state index >= 15 is 0 Å². The molecular weight excluding hydrogens is 966 g/mol. The van der Waals surface area contributed by atoms with Gasteiger partial charge in [-0.05, 0) is 51.4 Å². The topological polar surface area (TPSA) is 111 Å². The molecule has 0 aromatic heterocycles. The van der Waals surface area contributed by atoms with E-state index < -0.39 is 26.5 Å². The largest absolute Gasteiger partial charge is 0.756 e. The van der Waals surface area contributed by atoms with Crippen molar-refractivity contribution in [2.75, 3.05) is 47.5 Å². The monoisotopic (exact) mass is 1090 g/mol.